The Kier molecular flexibility index (Phi) is 4.79. The third kappa shape index (κ3) is 3.01. The molecule has 1 heterocycles. The number of rotatable bonds is 2. The Morgan fingerprint density at radius 2 is 1.40 bits per heavy atom. The first-order valence-electron chi connectivity index (χ1n) is 11.5. The van der Waals surface area contributed by atoms with Gasteiger partial charge in [0.2, 0.25) is 0 Å². The summed E-state index contributed by atoms with van der Waals surface area (Å²) in [6.07, 6.45) is 13.4. The average Bonchev–Trinajstić information content (AvgIpc) is 3.20. The number of hydrogen-bond acceptors (Lipinski definition) is 1. The smallest absolute Gasteiger partial charge is 0.0134 e. The molecule has 0 aromatic rings. The Balaban J connectivity index is 1.69. The number of fused-ring (bicyclic) bond motifs is 3. The van der Waals surface area contributed by atoms with Crippen molar-refractivity contribution in [3.63, 3.8) is 0 Å². The van der Waals surface area contributed by atoms with E-state index in [9.17, 15) is 0 Å². The molecule has 0 amide bonds. The van der Waals surface area contributed by atoms with Gasteiger partial charge in [-0.15, -0.1) is 0 Å². The van der Waals surface area contributed by atoms with Crippen LogP contribution in [0.25, 0.3) is 0 Å². The van der Waals surface area contributed by atoms with Crippen molar-refractivity contribution in [1.29, 1.82) is 0 Å². The van der Waals surface area contributed by atoms with Gasteiger partial charge < -0.3 is 5.32 Å². The van der Waals surface area contributed by atoms with Gasteiger partial charge in [0.25, 0.3) is 0 Å². The monoisotopic (exact) mass is 345 g/mol. The molecule has 0 bridgehead atoms. The molecule has 4 rings (SSSR count). The summed E-state index contributed by atoms with van der Waals surface area (Å²) in [5, 5.41) is 4.09. The van der Waals surface area contributed by atoms with Crippen LogP contribution in [0.5, 0.6) is 0 Å². The SMILES string of the molecule is CC(C)(C)C1CCCC2C1C1CCCNC1C2C(C)(C)C1CCCC1. The second kappa shape index (κ2) is 6.54. The van der Waals surface area contributed by atoms with Gasteiger partial charge in [-0.05, 0) is 91.4 Å². The Morgan fingerprint density at radius 1 is 0.720 bits per heavy atom. The molecule has 1 saturated heterocycles. The van der Waals surface area contributed by atoms with Crippen LogP contribution in [-0.2, 0) is 0 Å². The second-order valence-corrected chi connectivity index (χ2v) is 11.8. The summed E-state index contributed by atoms with van der Waals surface area (Å²) in [5.74, 6) is 5.81. The minimum Gasteiger partial charge on any atom is -0.313 e. The van der Waals surface area contributed by atoms with E-state index in [1.807, 2.05) is 0 Å². The van der Waals surface area contributed by atoms with E-state index in [1.165, 1.54) is 64.3 Å². The Morgan fingerprint density at radius 3 is 2.08 bits per heavy atom. The Bertz CT molecular complexity index is 467. The van der Waals surface area contributed by atoms with Crippen LogP contribution in [0.15, 0.2) is 0 Å². The van der Waals surface area contributed by atoms with E-state index >= 15 is 0 Å². The molecule has 144 valence electrons. The molecule has 0 aromatic carbocycles. The fraction of sp³-hybridized carbons (Fsp3) is 1.00. The largest absolute Gasteiger partial charge is 0.313 e. The topological polar surface area (TPSA) is 12.0 Å². The van der Waals surface area contributed by atoms with Crippen molar-refractivity contribution in [2.45, 2.75) is 98.4 Å². The van der Waals surface area contributed by atoms with Crippen LogP contribution in [0, 0.1) is 46.3 Å². The molecule has 25 heavy (non-hydrogen) atoms. The highest BCUT2D eigenvalue weighted by atomic mass is 15.0. The molecular formula is C24H43N. The summed E-state index contributed by atoms with van der Waals surface area (Å²) < 4.78 is 0. The summed E-state index contributed by atoms with van der Waals surface area (Å²) in [6.45, 7) is 14.2. The van der Waals surface area contributed by atoms with Crippen molar-refractivity contribution in [3.05, 3.63) is 0 Å². The molecule has 0 aromatic heterocycles. The Hall–Kier alpha value is -0.0400. The molecule has 1 heteroatoms. The molecule has 6 atom stereocenters. The van der Waals surface area contributed by atoms with E-state index in [0.717, 1.165) is 41.5 Å². The average molecular weight is 346 g/mol. The third-order valence-corrected chi connectivity index (χ3v) is 9.29. The van der Waals surface area contributed by atoms with Crippen molar-refractivity contribution < 1.29 is 0 Å². The fourth-order valence-corrected chi connectivity index (χ4v) is 8.29. The first-order chi connectivity index (χ1) is 11.8. The maximum atomic E-state index is 4.09. The van der Waals surface area contributed by atoms with Crippen molar-refractivity contribution >= 4 is 0 Å². The lowest BCUT2D eigenvalue weighted by molar-refractivity contribution is 0.00932. The maximum absolute atomic E-state index is 4.09. The second-order valence-electron chi connectivity index (χ2n) is 11.8. The molecule has 6 unspecified atom stereocenters. The highest BCUT2D eigenvalue weighted by Crippen LogP contribution is 2.63. The fourth-order valence-electron chi connectivity index (χ4n) is 8.29. The lowest BCUT2D eigenvalue weighted by Gasteiger charge is -2.48. The van der Waals surface area contributed by atoms with E-state index in [0.29, 0.717) is 10.8 Å². The molecule has 4 fully saturated rings. The van der Waals surface area contributed by atoms with Gasteiger partial charge in [-0.1, -0.05) is 53.9 Å². The molecule has 3 saturated carbocycles. The van der Waals surface area contributed by atoms with Gasteiger partial charge in [-0.3, -0.25) is 0 Å². The summed E-state index contributed by atoms with van der Waals surface area (Å²) in [6, 6.07) is 0.822. The predicted molar refractivity (Wildman–Crippen MR) is 108 cm³/mol. The summed E-state index contributed by atoms with van der Waals surface area (Å²) >= 11 is 0. The van der Waals surface area contributed by atoms with Gasteiger partial charge >= 0.3 is 0 Å². The number of piperidine rings is 1. The van der Waals surface area contributed by atoms with Crippen molar-refractivity contribution in [1.82, 2.24) is 5.32 Å². The molecule has 1 aliphatic heterocycles. The third-order valence-electron chi connectivity index (χ3n) is 9.29. The quantitative estimate of drug-likeness (QED) is 0.621. The minimum absolute atomic E-state index is 0.484. The normalized spacial score (nSPS) is 43.1. The first-order valence-corrected chi connectivity index (χ1v) is 11.5. The van der Waals surface area contributed by atoms with Crippen LogP contribution in [0.2, 0.25) is 0 Å². The highest BCUT2D eigenvalue weighted by Gasteiger charge is 2.60. The summed E-state index contributed by atoms with van der Waals surface area (Å²) in [5.41, 5.74) is 1.01. The predicted octanol–water partition coefficient (Wildman–Crippen LogP) is 6.28. The standard InChI is InChI=1S/C24H43N/c1-23(2,3)19-14-8-12-17-20(19)18-13-9-15-25-22(18)21(17)24(4,5)16-10-6-7-11-16/h16-22,25H,6-15H2,1-5H3. The van der Waals surface area contributed by atoms with Crippen LogP contribution in [-0.4, -0.2) is 12.6 Å². The van der Waals surface area contributed by atoms with Crippen molar-refractivity contribution in [3.8, 4) is 0 Å². The van der Waals surface area contributed by atoms with Crippen LogP contribution in [0.4, 0.5) is 0 Å². The molecule has 3 aliphatic carbocycles. The van der Waals surface area contributed by atoms with Gasteiger partial charge in [-0.25, -0.2) is 0 Å². The number of hydrogen-bond donors (Lipinski definition) is 1. The number of nitrogens with one attached hydrogen (secondary N) is 1. The van der Waals surface area contributed by atoms with Crippen LogP contribution in [0.1, 0.15) is 92.4 Å². The molecule has 1 N–H and O–H groups in total. The zero-order valence-electron chi connectivity index (χ0n) is 17.6. The molecule has 0 spiro atoms. The van der Waals surface area contributed by atoms with Gasteiger partial charge in [-0.2, -0.15) is 0 Å². The van der Waals surface area contributed by atoms with E-state index < -0.39 is 0 Å². The van der Waals surface area contributed by atoms with Gasteiger partial charge in [0, 0.05) is 6.04 Å². The van der Waals surface area contributed by atoms with Gasteiger partial charge in [0.05, 0.1) is 0 Å². The van der Waals surface area contributed by atoms with Crippen LogP contribution < -0.4 is 5.32 Å². The van der Waals surface area contributed by atoms with E-state index in [4.69, 9.17) is 0 Å². The summed E-state index contributed by atoms with van der Waals surface area (Å²) in [4.78, 5) is 0. The zero-order valence-corrected chi connectivity index (χ0v) is 17.6. The summed E-state index contributed by atoms with van der Waals surface area (Å²) in [7, 11) is 0. The van der Waals surface area contributed by atoms with Crippen LogP contribution in [0.3, 0.4) is 0 Å². The van der Waals surface area contributed by atoms with Gasteiger partial charge in [0.15, 0.2) is 0 Å². The molecule has 0 radical (unpaired) electrons. The first kappa shape index (κ1) is 18.3. The van der Waals surface area contributed by atoms with E-state index in [-0.39, 0.29) is 0 Å². The minimum atomic E-state index is 0.484. The van der Waals surface area contributed by atoms with E-state index in [1.54, 1.807) is 0 Å². The van der Waals surface area contributed by atoms with Crippen molar-refractivity contribution in [2.24, 2.45) is 46.3 Å². The van der Waals surface area contributed by atoms with Gasteiger partial charge in [0.1, 0.15) is 0 Å². The lowest BCUT2D eigenvalue weighted by atomic mass is 9.57. The molecule has 4 aliphatic rings. The zero-order chi connectivity index (χ0) is 17.8. The Labute approximate surface area is 157 Å². The van der Waals surface area contributed by atoms with Crippen LogP contribution >= 0.6 is 0 Å². The maximum Gasteiger partial charge on any atom is 0.0134 e. The molecular weight excluding hydrogens is 302 g/mol. The van der Waals surface area contributed by atoms with E-state index in [2.05, 4.69) is 39.9 Å². The highest BCUT2D eigenvalue weighted by molar-refractivity contribution is 5.11. The lowest BCUT2D eigenvalue weighted by Crippen LogP contribution is -2.49. The molecule has 1 nitrogen and oxygen atoms in total. The van der Waals surface area contributed by atoms with Crippen molar-refractivity contribution in [2.75, 3.05) is 6.54 Å².